The molecule has 3 aromatic rings. The van der Waals surface area contributed by atoms with Gasteiger partial charge in [0.05, 0.1) is 9.21 Å². The van der Waals surface area contributed by atoms with E-state index < -0.39 is 0 Å². The van der Waals surface area contributed by atoms with Crippen LogP contribution in [0.4, 0.5) is 0 Å². The average Bonchev–Trinajstić information content (AvgIpc) is 2.98. The summed E-state index contributed by atoms with van der Waals surface area (Å²) >= 11 is 7.55. The first kappa shape index (κ1) is 11.4. The number of nitrogens with one attached hydrogen (secondary N) is 1. The topological polar surface area (TPSA) is 54.5 Å². The highest BCUT2D eigenvalue weighted by atomic mass is 35.5. The molecule has 18 heavy (non-hydrogen) atoms. The lowest BCUT2D eigenvalue weighted by atomic mass is 10.1. The number of aryl methyl sites for hydroxylation is 1. The van der Waals surface area contributed by atoms with Gasteiger partial charge in [0.1, 0.15) is 0 Å². The molecule has 3 rings (SSSR count). The van der Waals surface area contributed by atoms with Crippen molar-refractivity contribution >= 4 is 22.9 Å². The third kappa shape index (κ3) is 2.02. The Morgan fingerprint density at radius 2 is 2.00 bits per heavy atom. The minimum absolute atomic E-state index is 0.572. The predicted octanol–water partition coefficient (Wildman–Crippen LogP) is 3.56. The smallest absolute Gasteiger partial charge is 0.177 e. The summed E-state index contributed by atoms with van der Waals surface area (Å²) in [6, 6.07) is 10.2. The predicted molar refractivity (Wildman–Crippen MR) is 72.7 cm³/mol. The number of benzene rings is 1. The maximum absolute atomic E-state index is 6.10. The highest BCUT2D eigenvalue weighted by molar-refractivity contribution is 7.19. The maximum atomic E-state index is 6.10. The molecule has 2 heterocycles. The van der Waals surface area contributed by atoms with Crippen molar-refractivity contribution in [2.75, 3.05) is 0 Å². The van der Waals surface area contributed by atoms with Crippen LogP contribution in [0.15, 0.2) is 30.3 Å². The Bertz CT molecular complexity index is 658. The van der Waals surface area contributed by atoms with E-state index in [9.17, 15) is 0 Å². The van der Waals surface area contributed by atoms with Crippen molar-refractivity contribution < 1.29 is 0 Å². The van der Waals surface area contributed by atoms with Gasteiger partial charge >= 0.3 is 0 Å². The summed E-state index contributed by atoms with van der Waals surface area (Å²) in [6.07, 6.45) is 0. The first-order valence-electron chi connectivity index (χ1n) is 5.34. The first-order valence-corrected chi connectivity index (χ1v) is 6.53. The molecule has 0 aliphatic carbocycles. The second-order valence-corrected chi connectivity index (χ2v) is 5.58. The Labute approximate surface area is 113 Å². The molecule has 1 aromatic carbocycles. The molecule has 2 aromatic heterocycles. The number of thiophene rings is 1. The van der Waals surface area contributed by atoms with Crippen LogP contribution in [0.25, 0.3) is 21.8 Å². The number of halogens is 1. The monoisotopic (exact) mass is 276 g/mol. The molecule has 0 aliphatic rings. The van der Waals surface area contributed by atoms with E-state index in [1.165, 1.54) is 16.9 Å². The summed E-state index contributed by atoms with van der Waals surface area (Å²) in [7, 11) is 0. The number of hydrogen-bond donors (Lipinski definition) is 1. The van der Waals surface area contributed by atoms with Gasteiger partial charge in [0.2, 0.25) is 5.82 Å². The van der Waals surface area contributed by atoms with Crippen LogP contribution in [-0.2, 0) is 0 Å². The normalized spacial score (nSPS) is 10.8. The summed E-state index contributed by atoms with van der Waals surface area (Å²) in [6.45, 7) is 2.06. The Morgan fingerprint density at radius 3 is 2.67 bits per heavy atom. The fourth-order valence-electron chi connectivity index (χ4n) is 1.73. The molecule has 0 saturated heterocycles. The number of nitrogens with zero attached hydrogens (tertiary/aromatic N) is 3. The second kappa shape index (κ2) is 4.51. The summed E-state index contributed by atoms with van der Waals surface area (Å²) in [4.78, 5) is 0.928. The molecule has 0 unspecified atom stereocenters. The molecule has 0 saturated carbocycles. The highest BCUT2D eigenvalue weighted by Crippen LogP contribution is 2.39. The Hall–Kier alpha value is -1.72. The standard InChI is InChI=1S/C12H9ClN4S/c1-7-2-4-8(5-3-7)9-6-10(13)18-11(9)12-14-16-17-15-12/h2-6H,1H3,(H,14,15,16,17). The molecule has 0 radical (unpaired) electrons. The van der Waals surface area contributed by atoms with E-state index in [0.29, 0.717) is 10.2 Å². The van der Waals surface area contributed by atoms with Gasteiger partial charge in [-0.2, -0.15) is 5.21 Å². The summed E-state index contributed by atoms with van der Waals surface area (Å²) < 4.78 is 0.713. The van der Waals surface area contributed by atoms with Crippen molar-refractivity contribution in [3.05, 3.63) is 40.2 Å². The van der Waals surface area contributed by atoms with Crippen molar-refractivity contribution in [3.63, 3.8) is 0 Å². The third-order valence-corrected chi connectivity index (χ3v) is 3.87. The van der Waals surface area contributed by atoms with Gasteiger partial charge in [0, 0.05) is 5.56 Å². The summed E-state index contributed by atoms with van der Waals surface area (Å²) in [5.41, 5.74) is 3.36. The van der Waals surface area contributed by atoms with Gasteiger partial charge in [-0.05, 0) is 23.8 Å². The molecule has 0 bridgehead atoms. The van der Waals surface area contributed by atoms with E-state index in [1.54, 1.807) is 0 Å². The average molecular weight is 277 g/mol. The van der Waals surface area contributed by atoms with Gasteiger partial charge in [-0.25, -0.2) is 0 Å². The molecule has 6 heteroatoms. The number of aromatic amines is 1. The van der Waals surface area contributed by atoms with Crippen molar-refractivity contribution in [3.8, 4) is 21.8 Å². The number of H-pyrrole nitrogens is 1. The number of tetrazole rings is 1. The highest BCUT2D eigenvalue weighted by Gasteiger charge is 2.15. The lowest BCUT2D eigenvalue weighted by molar-refractivity contribution is 0.881. The van der Waals surface area contributed by atoms with Crippen LogP contribution in [0.3, 0.4) is 0 Å². The number of hydrogen-bond acceptors (Lipinski definition) is 4. The van der Waals surface area contributed by atoms with E-state index in [-0.39, 0.29) is 0 Å². The quantitative estimate of drug-likeness (QED) is 0.779. The molecule has 0 spiro atoms. The number of rotatable bonds is 2. The van der Waals surface area contributed by atoms with Crippen LogP contribution in [0.5, 0.6) is 0 Å². The molecule has 4 nitrogen and oxygen atoms in total. The molecule has 0 atom stereocenters. The lowest BCUT2D eigenvalue weighted by Gasteiger charge is -2.01. The molecule has 0 fully saturated rings. The summed E-state index contributed by atoms with van der Waals surface area (Å²) in [5, 5.41) is 14.1. The largest absolute Gasteiger partial charge is 0.215 e. The van der Waals surface area contributed by atoms with Crippen LogP contribution >= 0.6 is 22.9 Å². The van der Waals surface area contributed by atoms with Gasteiger partial charge in [0.25, 0.3) is 0 Å². The first-order chi connectivity index (χ1) is 8.74. The minimum Gasteiger partial charge on any atom is -0.177 e. The van der Waals surface area contributed by atoms with Crippen molar-refractivity contribution in [2.45, 2.75) is 6.92 Å². The van der Waals surface area contributed by atoms with Gasteiger partial charge in [-0.15, -0.1) is 21.5 Å². The maximum Gasteiger partial charge on any atom is 0.215 e. The summed E-state index contributed by atoms with van der Waals surface area (Å²) in [5.74, 6) is 0.572. The lowest BCUT2D eigenvalue weighted by Crippen LogP contribution is -1.82. The van der Waals surface area contributed by atoms with Gasteiger partial charge in [-0.3, -0.25) is 0 Å². The molecule has 90 valence electrons. The zero-order valence-corrected chi connectivity index (χ0v) is 11.1. The molecular formula is C12H9ClN4S. The zero-order valence-electron chi connectivity index (χ0n) is 9.51. The SMILES string of the molecule is Cc1ccc(-c2cc(Cl)sc2-c2nn[nH]n2)cc1. The van der Waals surface area contributed by atoms with E-state index in [4.69, 9.17) is 11.6 Å². The van der Waals surface area contributed by atoms with E-state index >= 15 is 0 Å². The molecular weight excluding hydrogens is 268 g/mol. The van der Waals surface area contributed by atoms with E-state index in [2.05, 4.69) is 51.8 Å². The molecule has 0 aliphatic heterocycles. The van der Waals surface area contributed by atoms with Gasteiger partial charge in [0.15, 0.2) is 0 Å². The van der Waals surface area contributed by atoms with Gasteiger partial charge < -0.3 is 0 Å². The van der Waals surface area contributed by atoms with Crippen LogP contribution in [0.1, 0.15) is 5.56 Å². The minimum atomic E-state index is 0.572. The Morgan fingerprint density at radius 1 is 1.22 bits per heavy atom. The second-order valence-electron chi connectivity index (χ2n) is 3.89. The molecule has 1 N–H and O–H groups in total. The van der Waals surface area contributed by atoms with Crippen molar-refractivity contribution in [1.82, 2.24) is 20.6 Å². The van der Waals surface area contributed by atoms with Crippen LogP contribution in [0.2, 0.25) is 4.34 Å². The van der Waals surface area contributed by atoms with E-state index in [1.807, 2.05) is 6.07 Å². The van der Waals surface area contributed by atoms with Crippen molar-refractivity contribution in [2.24, 2.45) is 0 Å². The van der Waals surface area contributed by atoms with Crippen molar-refractivity contribution in [1.29, 1.82) is 0 Å². The Kier molecular flexibility index (Phi) is 2.85. The Balaban J connectivity index is 2.15. The third-order valence-electron chi connectivity index (χ3n) is 2.61. The fraction of sp³-hybridized carbons (Fsp3) is 0.0833. The van der Waals surface area contributed by atoms with E-state index in [0.717, 1.165) is 16.0 Å². The zero-order chi connectivity index (χ0) is 12.5. The van der Waals surface area contributed by atoms with Gasteiger partial charge in [-0.1, -0.05) is 41.4 Å². The molecule has 0 amide bonds. The van der Waals surface area contributed by atoms with Crippen LogP contribution < -0.4 is 0 Å². The van der Waals surface area contributed by atoms with Crippen LogP contribution in [-0.4, -0.2) is 20.6 Å². The number of aromatic nitrogens is 4. The fourth-order valence-corrected chi connectivity index (χ4v) is 2.91. The van der Waals surface area contributed by atoms with Crippen LogP contribution in [0, 0.1) is 6.92 Å².